The molecule has 1 rings (SSSR count). The highest BCUT2D eigenvalue weighted by Gasteiger charge is 2.08. The summed E-state index contributed by atoms with van der Waals surface area (Å²) in [7, 11) is 0. The van der Waals surface area contributed by atoms with Crippen LogP contribution >= 0.6 is 0 Å². The Kier molecular flexibility index (Phi) is 1.53. The van der Waals surface area contributed by atoms with Crippen LogP contribution in [0.2, 0.25) is 0 Å². The number of amidine groups is 1. The van der Waals surface area contributed by atoms with Crippen LogP contribution in [0.3, 0.4) is 0 Å². The molecule has 0 aromatic carbocycles. The van der Waals surface area contributed by atoms with E-state index in [1.807, 2.05) is 0 Å². The van der Waals surface area contributed by atoms with Crippen molar-refractivity contribution in [3.05, 3.63) is 11.4 Å². The number of nitrogens with zero attached hydrogens (tertiary/aromatic N) is 3. The number of hydrogen-bond acceptors (Lipinski definition) is 5. The SMILES string of the molecule is Cc1nonc1/C(N)=N\O. The van der Waals surface area contributed by atoms with Crippen molar-refractivity contribution in [2.45, 2.75) is 6.92 Å². The van der Waals surface area contributed by atoms with Gasteiger partial charge in [0.2, 0.25) is 0 Å². The summed E-state index contributed by atoms with van der Waals surface area (Å²) in [6.07, 6.45) is 0. The van der Waals surface area contributed by atoms with Gasteiger partial charge < -0.3 is 10.9 Å². The molecule has 0 radical (unpaired) electrons. The van der Waals surface area contributed by atoms with Crippen LogP contribution in [0, 0.1) is 6.92 Å². The Morgan fingerprint density at radius 1 is 1.70 bits per heavy atom. The summed E-state index contributed by atoms with van der Waals surface area (Å²) in [6.45, 7) is 1.64. The molecule has 0 aliphatic carbocycles. The number of nitrogens with two attached hydrogens (primary N) is 1. The minimum absolute atomic E-state index is 0.0984. The van der Waals surface area contributed by atoms with Gasteiger partial charge in [0, 0.05) is 0 Å². The van der Waals surface area contributed by atoms with Gasteiger partial charge in [-0.15, -0.1) is 0 Å². The van der Waals surface area contributed by atoms with E-state index in [2.05, 4.69) is 20.1 Å². The van der Waals surface area contributed by atoms with Gasteiger partial charge >= 0.3 is 0 Å². The van der Waals surface area contributed by atoms with Crippen molar-refractivity contribution in [2.75, 3.05) is 0 Å². The average molecular weight is 142 g/mol. The molecule has 0 unspecified atom stereocenters. The van der Waals surface area contributed by atoms with Crippen molar-refractivity contribution in [3.8, 4) is 0 Å². The third-order valence-electron chi connectivity index (χ3n) is 1.00. The van der Waals surface area contributed by atoms with Crippen LogP contribution in [0.1, 0.15) is 11.4 Å². The monoisotopic (exact) mass is 142 g/mol. The summed E-state index contributed by atoms with van der Waals surface area (Å²) < 4.78 is 4.30. The zero-order valence-electron chi connectivity index (χ0n) is 5.27. The molecule has 0 amide bonds. The molecular formula is C4H6N4O2. The molecule has 6 heteroatoms. The maximum Gasteiger partial charge on any atom is 0.194 e. The van der Waals surface area contributed by atoms with Crippen molar-refractivity contribution in [1.82, 2.24) is 10.3 Å². The van der Waals surface area contributed by atoms with Crippen molar-refractivity contribution in [2.24, 2.45) is 10.9 Å². The number of hydrogen-bond donors (Lipinski definition) is 2. The fourth-order valence-electron chi connectivity index (χ4n) is 0.511. The highest BCUT2D eigenvalue weighted by atomic mass is 16.6. The van der Waals surface area contributed by atoms with Crippen molar-refractivity contribution in [3.63, 3.8) is 0 Å². The lowest BCUT2D eigenvalue weighted by atomic mass is 10.3. The third-order valence-corrected chi connectivity index (χ3v) is 1.00. The van der Waals surface area contributed by atoms with Gasteiger partial charge in [-0.2, -0.15) is 0 Å². The highest BCUT2D eigenvalue weighted by Crippen LogP contribution is 1.98. The first-order valence-electron chi connectivity index (χ1n) is 2.52. The Morgan fingerprint density at radius 2 is 2.40 bits per heavy atom. The predicted octanol–water partition coefficient (Wildman–Crippen LogP) is -0.527. The Balaban J connectivity index is 3.05. The number of aryl methyl sites for hydroxylation is 1. The zero-order chi connectivity index (χ0) is 7.56. The fourth-order valence-corrected chi connectivity index (χ4v) is 0.511. The van der Waals surface area contributed by atoms with Crippen molar-refractivity contribution in [1.29, 1.82) is 0 Å². The Bertz CT molecular complexity index is 254. The second-order valence-electron chi connectivity index (χ2n) is 1.68. The normalized spacial score (nSPS) is 11.9. The van der Waals surface area contributed by atoms with Crippen LogP contribution in [0.4, 0.5) is 0 Å². The maximum absolute atomic E-state index is 8.18. The topological polar surface area (TPSA) is 97.5 Å². The van der Waals surface area contributed by atoms with E-state index in [4.69, 9.17) is 10.9 Å². The van der Waals surface area contributed by atoms with Gasteiger partial charge in [0.15, 0.2) is 11.5 Å². The van der Waals surface area contributed by atoms with E-state index in [0.717, 1.165) is 0 Å². The average Bonchev–Trinajstić information content (AvgIpc) is 2.34. The minimum atomic E-state index is -0.0984. The summed E-state index contributed by atoms with van der Waals surface area (Å²) in [5.74, 6) is -0.0984. The molecule has 1 aromatic heterocycles. The van der Waals surface area contributed by atoms with Gasteiger partial charge in [0.05, 0.1) is 0 Å². The lowest BCUT2D eigenvalue weighted by Gasteiger charge is -1.87. The molecule has 1 heterocycles. The molecule has 0 atom stereocenters. The van der Waals surface area contributed by atoms with E-state index in [9.17, 15) is 0 Å². The second-order valence-corrected chi connectivity index (χ2v) is 1.68. The second kappa shape index (κ2) is 2.34. The van der Waals surface area contributed by atoms with Crippen LogP contribution in [-0.4, -0.2) is 21.4 Å². The summed E-state index contributed by atoms with van der Waals surface area (Å²) in [5.41, 5.74) is 5.94. The van der Waals surface area contributed by atoms with Crippen molar-refractivity contribution < 1.29 is 9.84 Å². The van der Waals surface area contributed by atoms with Gasteiger partial charge in [-0.3, -0.25) is 0 Å². The molecule has 10 heavy (non-hydrogen) atoms. The standard InChI is InChI=1S/C4H6N4O2/c1-2-3(4(5)6-9)8-10-7-2/h9H,1H3,(H2,5,6). The summed E-state index contributed by atoms with van der Waals surface area (Å²) in [5, 5.41) is 17.7. The van der Waals surface area contributed by atoms with Crippen LogP contribution in [0.25, 0.3) is 0 Å². The summed E-state index contributed by atoms with van der Waals surface area (Å²) in [4.78, 5) is 0. The van der Waals surface area contributed by atoms with Crippen LogP contribution in [-0.2, 0) is 0 Å². The molecule has 3 N–H and O–H groups in total. The molecule has 6 nitrogen and oxygen atoms in total. The Morgan fingerprint density at radius 3 is 2.80 bits per heavy atom. The minimum Gasteiger partial charge on any atom is -0.409 e. The molecule has 1 aromatic rings. The molecule has 0 bridgehead atoms. The first-order valence-corrected chi connectivity index (χ1v) is 2.52. The van der Waals surface area contributed by atoms with Crippen LogP contribution < -0.4 is 5.73 Å². The zero-order valence-corrected chi connectivity index (χ0v) is 5.27. The summed E-state index contributed by atoms with van der Waals surface area (Å²) >= 11 is 0. The largest absolute Gasteiger partial charge is 0.409 e. The third kappa shape index (κ3) is 0.903. The smallest absolute Gasteiger partial charge is 0.194 e. The number of oxime groups is 1. The van der Waals surface area contributed by atoms with E-state index >= 15 is 0 Å². The first-order chi connectivity index (χ1) is 4.75. The Labute approximate surface area is 56.3 Å². The highest BCUT2D eigenvalue weighted by molar-refractivity contribution is 5.95. The van der Waals surface area contributed by atoms with E-state index < -0.39 is 0 Å². The molecule has 0 aliphatic rings. The molecular weight excluding hydrogens is 136 g/mol. The molecule has 0 aliphatic heterocycles. The molecule has 0 saturated heterocycles. The van der Waals surface area contributed by atoms with Gasteiger partial charge in [0.1, 0.15) is 5.69 Å². The van der Waals surface area contributed by atoms with Crippen LogP contribution in [0.5, 0.6) is 0 Å². The van der Waals surface area contributed by atoms with E-state index in [1.165, 1.54) is 0 Å². The quantitative estimate of drug-likeness (QED) is 0.238. The maximum atomic E-state index is 8.18. The molecule has 54 valence electrons. The van der Waals surface area contributed by atoms with Gasteiger partial charge in [-0.1, -0.05) is 10.3 Å². The lowest BCUT2D eigenvalue weighted by molar-refractivity contribution is 0.301. The van der Waals surface area contributed by atoms with Gasteiger partial charge in [-0.25, -0.2) is 4.63 Å². The molecule has 0 saturated carbocycles. The molecule has 0 spiro atoms. The fraction of sp³-hybridized carbons (Fsp3) is 0.250. The van der Waals surface area contributed by atoms with Crippen LogP contribution in [0.15, 0.2) is 9.78 Å². The lowest BCUT2D eigenvalue weighted by Crippen LogP contribution is -2.14. The van der Waals surface area contributed by atoms with E-state index in [1.54, 1.807) is 6.92 Å². The first kappa shape index (κ1) is 6.53. The number of rotatable bonds is 1. The summed E-state index contributed by atoms with van der Waals surface area (Å²) in [6, 6.07) is 0. The number of aromatic nitrogens is 2. The van der Waals surface area contributed by atoms with E-state index in [0.29, 0.717) is 5.69 Å². The van der Waals surface area contributed by atoms with Gasteiger partial charge in [-0.05, 0) is 12.1 Å². The molecule has 0 fully saturated rings. The van der Waals surface area contributed by atoms with Gasteiger partial charge in [0.25, 0.3) is 0 Å². The Hall–Kier alpha value is -1.59. The van der Waals surface area contributed by atoms with E-state index in [-0.39, 0.29) is 11.5 Å². The predicted molar refractivity (Wildman–Crippen MR) is 31.5 cm³/mol. The van der Waals surface area contributed by atoms with Crippen molar-refractivity contribution >= 4 is 5.84 Å².